The number of guanidine groups is 1. The van der Waals surface area contributed by atoms with Gasteiger partial charge in [0, 0.05) is 30.1 Å². The highest BCUT2D eigenvalue weighted by Crippen LogP contribution is 2.19. The molecule has 0 fully saturated rings. The van der Waals surface area contributed by atoms with E-state index in [2.05, 4.69) is 31.2 Å². The Kier molecular flexibility index (Phi) is 13.5. The number of hydrogen-bond acceptors (Lipinski definition) is 9. The number of nitrogens with two attached hydrogens (primary N) is 4. The Balaban J connectivity index is 2.04. The van der Waals surface area contributed by atoms with Crippen molar-refractivity contribution in [3.8, 4) is 0 Å². The normalized spacial score (nSPS) is 15.1. The van der Waals surface area contributed by atoms with Crippen LogP contribution in [0.4, 0.5) is 0 Å². The van der Waals surface area contributed by atoms with E-state index in [1.54, 1.807) is 6.20 Å². The third kappa shape index (κ3) is 10.5. The van der Waals surface area contributed by atoms with Gasteiger partial charge < -0.3 is 59.4 Å². The molecule has 6 unspecified atom stereocenters. The van der Waals surface area contributed by atoms with Crippen LogP contribution in [0.3, 0.4) is 0 Å². The maximum absolute atomic E-state index is 13.0. The Hall–Kier alpha value is -4.74. The summed E-state index contributed by atoms with van der Waals surface area (Å²) in [5.74, 6) is -4.27. The molecule has 242 valence electrons. The summed E-state index contributed by atoms with van der Waals surface area (Å²) >= 11 is 0. The van der Waals surface area contributed by atoms with Gasteiger partial charge in [-0.15, -0.1) is 0 Å². The minimum Gasteiger partial charge on any atom is -0.394 e. The summed E-state index contributed by atoms with van der Waals surface area (Å²) in [5, 5.41) is 29.9. The molecule has 5 amide bonds. The molecule has 6 atom stereocenters. The zero-order valence-electron chi connectivity index (χ0n) is 24.6. The monoisotopic (exact) mass is 618 g/mol. The van der Waals surface area contributed by atoms with E-state index in [0.29, 0.717) is 0 Å². The summed E-state index contributed by atoms with van der Waals surface area (Å²) in [4.78, 5) is 70.2. The number of benzene rings is 1. The van der Waals surface area contributed by atoms with Gasteiger partial charge >= 0.3 is 0 Å². The first kappa shape index (κ1) is 35.5. The highest BCUT2D eigenvalue weighted by Gasteiger charge is 2.30. The number of para-hydroxylation sites is 1. The van der Waals surface area contributed by atoms with Crippen LogP contribution in [-0.2, 0) is 30.4 Å². The van der Waals surface area contributed by atoms with E-state index in [1.807, 2.05) is 24.3 Å². The van der Waals surface area contributed by atoms with Gasteiger partial charge in [0.05, 0.1) is 12.7 Å². The van der Waals surface area contributed by atoms with Crippen molar-refractivity contribution in [1.82, 2.24) is 26.3 Å². The van der Waals surface area contributed by atoms with E-state index in [1.165, 1.54) is 13.8 Å². The van der Waals surface area contributed by atoms with Crippen LogP contribution in [0.15, 0.2) is 35.5 Å². The van der Waals surface area contributed by atoms with E-state index in [9.17, 15) is 34.2 Å². The largest absolute Gasteiger partial charge is 0.394 e. The quantitative estimate of drug-likeness (QED) is 0.0462. The second kappa shape index (κ2) is 16.8. The van der Waals surface area contributed by atoms with E-state index >= 15 is 0 Å². The van der Waals surface area contributed by atoms with Gasteiger partial charge in [0.25, 0.3) is 0 Å². The fourth-order valence-corrected chi connectivity index (χ4v) is 4.15. The van der Waals surface area contributed by atoms with Crippen molar-refractivity contribution in [2.45, 2.75) is 69.4 Å². The lowest BCUT2D eigenvalue weighted by Gasteiger charge is -2.25. The molecule has 0 saturated carbocycles. The highest BCUT2D eigenvalue weighted by molar-refractivity contribution is 5.96. The molecule has 1 aromatic heterocycles. The Bertz CT molecular complexity index is 1340. The first-order valence-corrected chi connectivity index (χ1v) is 13.9. The predicted octanol–water partition coefficient (Wildman–Crippen LogP) is -4.09. The minimum absolute atomic E-state index is 0.0182. The van der Waals surface area contributed by atoms with Gasteiger partial charge in [-0.05, 0) is 38.3 Å². The predicted molar refractivity (Wildman–Crippen MR) is 161 cm³/mol. The summed E-state index contributed by atoms with van der Waals surface area (Å²) in [7, 11) is 0. The zero-order valence-corrected chi connectivity index (χ0v) is 24.6. The van der Waals surface area contributed by atoms with Crippen LogP contribution in [0.5, 0.6) is 0 Å². The Labute approximate surface area is 253 Å². The van der Waals surface area contributed by atoms with Crippen molar-refractivity contribution in [3.63, 3.8) is 0 Å². The summed E-state index contributed by atoms with van der Waals surface area (Å²) in [6, 6.07) is 1.03. The van der Waals surface area contributed by atoms with Crippen LogP contribution < -0.4 is 44.2 Å². The van der Waals surface area contributed by atoms with Gasteiger partial charge in [0.15, 0.2) is 5.96 Å². The number of H-pyrrole nitrogens is 1. The second-order valence-electron chi connectivity index (χ2n) is 10.3. The molecular weight excluding hydrogens is 576 g/mol. The van der Waals surface area contributed by atoms with Crippen LogP contribution in [0.1, 0.15) is 32.3 Å². The van der Waals surface area contributed by atoms with Crippen LogP contribution in [0, 0.1) is 0 Å². The fraction of sp³-hybridized carbons (Fsp3) is 0.481. The number of nitrogens with zero attached hydrogens (tertiary/aromatic N) is 1. The van der Waals surface area contributed by atoms with E-state index in [0.717, 1.165) is 16.5 Å². The summed E-state index contributed by atoms with van der Waals surface area (Å²) in [6.07, 6.45) is 0.856. The average molecular weight is 619 g/mol. The summed E-state index contributed by atoms with van der Waals surface area (Å²) < 4.78 is 0. The molecule has 0 aliphatic rings. The average Bonchev–Trinajstić information content (AvgIpc) is 3.38. The van der Waals surface area contributed by atoms with Crippen molar-refractivity contribution in [2.75, 3.05) is 13.2 Å². The van der Waals surface area contributed by atoms with Crippen molar-refractivity contribution in [1.29, 1.82) is 0 Å². The molecular formula is C27H42N10O7. The number of carbonyl (C=O) groups excluding carboxylic acids is 5. The number of carbonyl (C=O) groups is 5. The number of hydrogen-bond donors (Lipinski definition) is 11. The van der Waals surface area contributed by atoms with Crippen molar-refractivity contribution in [2.24, 2.45) is 27.9 Å². The molecule has 0 spiro atoms. The summed E-state index contributed by atoms with van der Waals surface area (Å²) in [6.45, 7) is 1.93. The third-order valence-corrected chi connectivity index (χ3v) is 6.73. The number of amides is 5. The van der Waals surface area contributed by atoms with E-state index < -0.39 is 72.5 Å². The number of aromatic nitrogens is 1. The molecule has 0 saturated heterocycles. The molecule has 17 heteroatoms. The van der Waals surface area contributed by atoms with Crippen LogP contribution in [-0.4, -0.2) is 100 Å². The molecule has 44 heavy (non-hydrogen) atoms. The molecule has 2 aromatic rings. The van der Waals surface area contributed by atoms with E-state index in [4.69, 9.17) is 22.9 Å². The zero-order chi connectivity index (χ0) is 33.0. The maximum atomic E-state index is 13.0. The smallest absolute Gasteiger partial charge is 0.245 e. The third-order valence-electron chi connectivity index (χ3n) is 6.73. The lowest BCUT2D eigenvalue weighted by molar-refractivity contribution is -0.135. The van der Waals surface area contributed by atoms with Crippen molar-refractivity contribution in [3.05, 3.63) is 36.0 Å². The Morgan fingerprint density at radius 2 is 1.50 bits per heavy atom. The molecule has 0 aliphatic heterocycles. The standard InChI is InChI=1S/C27H42N10O7/c1-13(23(41)36-19(22(29)40)10-15-11-33-17-7-4-3-6-16(15)17)34-25(43)20(12-38)37-24(42)18(8-5-9-32-27(30)31)35-26(44)21(28)14(2)39/h3-4,6-7,11,13-14,18-21,33,38-39H,5,8-10,12,28H2,1-2H3,(H2,29,40)(H,34,43)(H,35,44)(H,36,41)(H,37,42)(H4,30,31,32). The number of rotatable bonds is 17. The lowest BCUT2D eigenvalue weighted by atomic mass is 10.0. The minimum atomic E-state index is -1.52. The van der Waals surface area contributed by atoms with Crippen LogP contribution in [0.2, 0.25) is 0 Å². The number of aromatic amines is 1. The summed E-state index contributed by atoms with van der Waals surface area (Å²) in [5.41, 5.74) is 23.4. The van der Waals surface area contributed by atoms with Gasteiger partial charge in [0.2, 0.25) is 29.5 Å². The number of primary amides is 1. The molecule has 0 aliphatic carbocycles. The molecule has 15 N–H and O–H groups in total. The molecule has 0 radical (unpaired) electrons. The lowest BCUT2D eigenvalue weighted by Crippen LogP contribution is -2.59. The van der Waals surface area contributed by atoms with Crippen LogP contribution >= 0.6 is 0 Å². The number of aliphatic hydroxyl groups is 2. The Morgan fingerprint density at radius 1 is 0.886 bits per heavy atom. The van der Waals surface area contributed by atoms with Gasteiger partial charge in [-0.1, -0.05) is 18.2 Å². The fourth-order valence-electron chi connectivity index (χ4n) is 4.15. The number of fused-ring (bicyclic) bond motifs is 1. The number of aliphatic hydroxyl groups excluding tert-OH is 2. The van der Waals surface area contributed by atoms with Crippen LogP contribution in [0.25, 0.3) is 10.9 Å². The van der Waals surface area contributed by atoms with Gasteiger partial charge in [0.1, 0.15) is 30.2 Å². The van der Waals surface area contributed by atoms with Gasteiger partial charge in [-0.25, -0.2) is 0 Å². The number of aliphatic imine (C=N–C) groups is 1. The first-order chi connectivity index (χ1) is 20.7. The van der Waals surface area contributed by atoms with Gasteiger partial charge in [-0.3, -0.25) is 29.0 Å². The molecule has 17 nitrogen and oxygen atoms in total. The number of nitrogens with one attached hydrogen (secondary N) is 5. The van der Waals surface area contributed by atoms with Gasteiger partial charge in [-0.2, -0.15) is 0 Å². The SMILES string of the molecule is CC(NC(=O)C(CO)NC(=O)C(CCCN=C(N)N)NC(=O)C(N)C(C)O)C(=O)NC(Cc1c[nH]c2ccccc12)C(N)=O. The van der Waals surface area contributed by atoms with Crippen molar-refractivity contribution < 1.29 is 34.2 Å². The first-order valence-electron chi connectivity index (χ1n) is 13.9. The molecule has 2 rings (SSSR count). The second-order valence-corrected chi connectivity index (χ2v) is 10.3. The highest BCUT2D eigenvalue weighted by atomic mass is 16.3. The topological polar surface area (TPSA) is 306 Å². The maximum Gasteiger partial charge on any atom is 0.245 e. The Morgan fingerprint density at radius 3 is 2.11 bits per heavy atom. The molecule has 1 aromatic carbocycles. The van der Waals surface area contributed by atoms with E-state index in [-0.39, 0.29) is 31.8 Å². The molecule has 1 heterocycles. The van der Waals surface area contributed by atoms with Crippen molar-refractivity contribution >= 4 is 46.4 Å². The molecule has 0 bridgehead atoms.